The van der Waals surface area contributed by atoms with Crippen LogP contribution in [0.25, 0.3) is 0 Å². The molecule has 1 fully saturated rings. The van der Waals surface area contributed by atoms with Crippen LogP contribution in [0.3, 0.4) is 0 Å². The van der Waals surface area contributed by atoms with E-state index in [2.05, 4.69) is 5.10 Å². The van der Waals surface area contributed by atoms with Crippen molar-refractivity contribution in [1.29, 1.82) is 0 Å². The Hall–Kier alpha value is -1.85. The zero-order valence-corrected chi connectivity index (χ0v) is 11.2. The number of carbonyl (C=O) groups is 2. The summed E-state index contributed by atoms with van der Waals surface area (Å²) in [6, 6.07) is 0. The fourth-order valence-corrected chi connectivity index (χ4v) is 2.74. The first-order valence-corrected chi connectivity index (χ1v) is 6.44. The summed E-state index contributed by atoms with van der Waals surface area (Å²) < 4.78 is 1.68. The predicted molar refractivity (Wildman–Crippen MR) is 68.1 cm³/mol. The van der Waals surface area contributed by atoms with Gasteiger partial charge in [-0.2, -0.15) is 5.10 Å². The van der Waals surface area contributed by atoms with Crippen LogP contribution < -0.4 is 0 Å². The molecule has 1 aromatic rings. The van der Waals surface area contributed by atoms with Gasteiger partial charge in [0.1, 0.15) is 0 Å². The van der Waals surface area contributed by atoms with E-state index < -0.39 is 11.9 Å². The first-order chi connectivity index (χ1) is 8.99. The molecule has 1 aliphatic rings. The monoisotopic (exact) mass is 265 g/mol. The second-order valence-electron chi connectivity index (χ2n) is 5.20. The van der Waals surface area contributed by atoms with Crippen molar-refractivity contribution in [3.05, 3.63) is 18.0 Å². The molecule has 1 heterocycles. The van der Waals surface area contributed by atoms with Crippen LogP contribution in [0.2, 0.25) is 0 Å². The van der Waals surface area contributed by atoms with E-state index in [4.69, 9.17) is 5.11 Å². The highest BCUT2D eigenvalue weighted by molar-refractivity contribution is 5.85. The second-order valence-corrected chi connectivity index (χ2v) is 5.20. The van der Waals surface area contributed by atoms with Crippen LogP contribution >= 0.6 is 0 Å². The smallest absolute Gasteiger partial charge is 0.307 e. The molecular formula is C13H19N3O3. The highest BCUT2D eigenvalue weighted by Crippen LogP contribution is 2.33. The van der Waals surface area contributed by atoms with Crippen molar-refractivity contribution in [1.82, 2.24) is 14.7 Å². The zero-order valence-electron chi connectivity index (χ0n) is 11.2. The molecular weight excluding hydrogens is 246 g/mol. The molecule has 6 heteroatoms. The molecule has 1 saturated carbocycles. The Labute approximate surface area is 112 Å². The van der Waals surface area contributed by atoms with E-state index in [0.717, 1.165) is 12.0 Å². The minimum atomic E-state index is -0.856. The lowest BCUT2D eigenvalue weighted by atomic mass is 9.95. The Morgan fingerprint density at radius 3 is 2.74 bits per heavy atom. The Kier molecular flexibility index (Phi) is 3.87. The Bertz CT molecular complexity index is 483. The van der Waals surface area contributed by atoms with Gasteiger partial charge in [-0.15, -0.1) is 0 Å². The Balaban J connectivity index is 2.00. The molecule has 104 valence electrons. The van der Waals surface area contributed by atoms with E-state index >= 15 is 0 Å². The topological polar surface area (TPSA) is 75.4 Å². The number of rotatable bonds is 4. The number of nitrogens with zero attached hydrogens (tertiary/aromatic N) is 3. The highest BCUT2D eigenvalue weighted by Gasteiger charge is 2.38. The number of aryl methyl sites for hydroxylation is 1. The minimum absolute atomic E-state index is 0.0752. The first-order valence-electron chi connectivity index (χ1n) is 6.44. The van der Waals surface area contributed by atoms with Crippen molar-refractivity contribution >= 4 is 11.9 Å². The minimum Gasteiger partial charge on any atom is -0.481 e. The van der Waals surface area contributed by atoms with Gasteiger partial charge in [0.15, 0.2) is 0 Å². The molecule has 1 aliphatic carbocycles. The van der Waals surface area contributed by atoms with Crippen LogP contribution in [0, 0.1) is 11.8 Å². The standard InChI is InChI=1S/C13H19N3O3/c1-15(7-9-6-14-16(2)8-9)12(17)10-4-3-5-11(10)13(18)19/h6,8,10-11H,3-5,7H2,1-2H3,(H,18,19). The maximum Gasteiger partial charge on any atom is 0.307 e. The molecule has 0 bridgehead atoms. The third kappa shape index (κ3) is 2.94. The molecule has 0 spiro atoms. The van der Waals surface area contributed by atoms with E-state index in [1.54, 1.807) is 22.8 Å². The molecule has 2 atom stereocenters. The molecule has 1 N–H and O–H groups in total. The Morgan fingerprint density at radius 1 is 1.47 bits per heavy atom. The molecule has 0 radical (unpaired) electrons. The van der Waals surface area contributed by atoms with Crippen LogP contribution in [0.15, 0.2) is 12.4 Å². The summed E-state index contributed by atoms with van der Waals surface area (Å²) in [5.41, 5.74) is 0.947. The summed E-state index contributed by atoms with van der Waals surface area (Å²) in [7, 11) is 3.54. The largest absolute Gasteiger partial charge is 0.481 e. The van der Waals surface area contributed by atoms with Crippen LogP contribution in [0.4, 0.5) is 0 Å². The number of hydrogen-bond acceptors (Lipinski definition) is 3. The maximum absolute atomic E-state index is 12.3. The van der Waals surface area contributed by atoms with Crippen molar-refractivity contribution in [2.75, 3.05) is 7.05 Å². The molecule has 6 nitrogen and oxygen atoms in total. The zero-order chi connectivity index (χ0) is 14.0. The van der Waals surface area contributed by atoms with Gasteiger partial charge in [0.05, 0.1) is 18.0 Å². The number of carboxylic acids is 1. The van der Waals surface area contributed by atoms with Gasteiger partial charge in [0.2, 0.25) is 5.91 Å². The number of aliphatic carboxylic acids is 1. The molecule has 2 unspecified atom stereocenters. The number of amides is 1. The third-order valence-electron chi connectivity index (χ3n) is 3.70. The highest BCUT2D eigenvalue weighted by atomic mass is 16.4. The fraction of sp³-hybridized carbons (Fsp3) is 0.615. The number of carboxylic acid groups (broad SMARTS) is 1. The number of hydrogen-bond donors (Lipinski definition) is 1. The van der Waals surface area contributed by atoms with Gasteiger partial charge in [-0.1, -0.05) is 6.42 Å². The lowest BCUT2D eigenvalue weighted by molar-refractivity contribution is -0.148. The van der Waals surface area contributed by atoms with Gasteiger partial charge >= 0.3 is 5.97 Å². The van der Waals surface area contributed by atoms with Crippen LogP contribution in [-0.2, 0) is 23.2 Å². The van der Waals surface area contributed by atoms with Gasteiger partial charge in [-0.05, 0) is 12.8 Å². The number of aromatic nitrogens is 2. The maximum atomic E-state index is 12.3. The predicted octanol–water partition coefficient (Wildman–Crippen LogP) is 0.879. The first kappa shape index (κ1) is 13.6. The summed E-state index contributed by atoms with van der Waals surface area (Å²) in [6.07, 6.45) is 5.66. The van der Waals surface area contributed by atoms with E-state index in [1.807, 2.05) is 13.2 Å². The third-order valence-corrected chi connectivity index (χ3v) is 3.70. The quantitative estimate of drug-likeness (QED) is 0.876. The van der Waals surface area contributed by atoms with E-state index in [-0.39, 0.29) is 11.8 Å². The summed E-state index contributed by atoms with van der Waals surface area (Å²) in [5.74, 6) is -1.83. The summed E-state index contributed by atoms with van der Waals surface area (Å²) in [4.78, 5) is 25.0. The molecule has 0 aliphatic heterocycles. The van der Waals surface area contributed by atoms with Crippen LogP contribution in [0.1, 0.15) is 24.8 Å². The van der Waals surface area contributed by atoms with Crippen LogP contribution in [-0.4, -0.2) is 38.7 Å². The van der Waals surface area contributed by atoms with E-state index in [0.29, 0.717) is 19.4 Å². The summed E-state index contributed by atoms with van der Waals surface area (Å²) in [6.45, 7) is 0.468. The van der Waals surface area contributed by atoms with Crippen molar-refractivity contribution in [2.24, 2.45) is 18.9 Å². The van der Waals surface area contributed by atoms with Gasteiger partial charge < -0.3 is 10.0 Å². The second kappa shape index (κ2) is 5.42. The summed E-state index contributed by atoms with van der Waals surface area (Å²) in [5, 5.41) is 13.2. The van der Waals surface area contributed by atoms with Crippen molar-refractivity contribution in [2.45, 2.75) is 25.8 Å². The van der Waals surface area contributed by atoms with Gasteiger partial charge in [-0.25, -0.2) is 0 Å². The van der Waals surface area contributed by atoms with Crippen molar-refractivity contribution in [3.8, 4) is 0 Å². The van der Waals surface area contributed by atoms with Crippen LogP contribution in [0.5, 0.6) is 0 Å². The SMILES string of the molecule is CN(Cc1cnn(C)c1)C(=O)C1CCCC1C(=O)O. The molecule has 0 saturated heterocycles. The van der Waals surface area contributed by atoms with Crippen molar-refractivity contribution < 1.29 is 14.7 Å². The molecule has 1 amide bonds. The molecule has 19 heavy (non-hydrogen) atoms. The fourth-order valence-electron chi connectivity index (χ4n) is 2.74. The van der Waals surface area contributed by atoms with Crippen molar-refractivity contribution in [3.63, 3.8) is 0 Å². The van der Waals surface area contributed by atoms with E-state index in [9.17, 15) is 9.59 Å². The number of carbonyl (C=O) groups excluding carboxylic acids is 1. The molecule has 2 rings (SSSR count). The Morgan fingerprint density at radius 2 is 2.16 bits per heavy atom. The van der Waals surface area contributed by atoms with E-state index in [1.165, 1.54) is 0 Å². The molecule has 1 aromatic heterocycles. The van der Waals surface area contributed by atoms with Gasteiger partial charge in [0.25, 0.3) is 0 Å². The summed E-state index contributed by atoms with van der Waals surface area (Å²) >= 11 is 0. The van der Waals surface area contributed by atoms with Gasteiger partial charge in [0, 0.05) is 32.4 Å². The average molecular weight is 265 g/mol. The lowest BCUT2D eigenvalue weighted by Crippen LogP contribution is -2.36. The average Bonchev–Trinajstić information content (AvgIpc) is 2.97. The molecule has 0 aromatic carbocycles. The van der Waals surface area contributed by atoms with Gasteiger partial charge in [-0.3, -0.25) is 14.3 Å². The normalized spacial score (nSPS) is 22.4. The lowest BCUT2D eigenvalue weighted by Gasteiger charge is -2.22.